The van der Waals surface area contributed by atoms with Gasteiger partial charge in [0.15, 0.2) is 11.4 Å². The molecule has 0 aliphatic rings. The quantitative estimate of drug-likeness (QED) is 0.681. The molecule has 0 amide bonds. The zero-order valence-corrected chi connectivity index (χ0v) is 11.3. The number of hydrogen-bond acceptors (Lipinski definition) is 1. The molecule has 3 atom stereocenters. The summed E-state index contributed by atoms with van der Waals surface area (Å²) in [5.41, 5.74) is -0.333. The third-order valence-electron chi connectivity index (χ3n) is 3.47. The second-order valence-corrected chi connectivity index (χ2v) is 4.95. The standard InChI is InChI=1S/C15H16F4O/c1-3-4-10(12(17)8(2)16)11-7-9-5-6-20-15(9)14(19)13(11)18/h5-8,10,12H,3-4H2,1-2H3. The van der Waals surface area contributed by atoms with Crippen LogP contribution in [-0.4, -0.2) is 12.3 Å². The lowest BCUT2D eigenvalue weighted by Gasteiger charge is -2.22. The van der Waals surface area contributed by atoms with Crippen LogP contribution in [-0.2, 0) is 0 Å². The predicted molar refractivity (Wildman–Crippen MR) is 69.2 cm³/mol. The molecule has 0 saturated carbocycles. The highest BCUT2D eigenvalue weighted by atomic mass is 19.2. The Kier molecular flexibility index (Phi) is 4.35. The van der Waals surface area contributed by atoms with E-state index in [0.29, 0.717) is 11.8 Å². The zero-order valence-electron chi connectivity index (χ0n) is 11.3. The molecule has 0 bridgehead atoms. The molecule has 1 aromatic heterocycles. The molecule has 0 radical (unpaired) electrons. The monoisotopic (exact) mass is 288 g/mol. The highest BCUT2D eigenvalue weighted by molar-refractivity contribution is 5.78. The van der Waals surface area contributed by atoms with Gasteiger partial charge < -0.3 is 4.42 Å². The van der Waals surface area contributed by atoms with E-state index in [1.54, 1.807) is 6.92 Å². The maximum Gasteiger partial charge on any atom is 0.202 e. The molecule has 0 N–H and O–H groups in total. The maximum atomic E-state index is 14.1. The summed E-state index contributed by atoms with van der Waals surface area (Å²) in [5.74, 6) is -3.31. The summed E-state index contributed by atoms with van der Waals surface area (Å²) in [7, 11) is 0. The van der Waals surface area contributed by atoms with Crippen LogP contribution in [0.3, 0.4) is 0 Å². The Morgan fingerprint density at radius 2 is 1.90 bits per heavy atom. The van der Waals surface area contributed by atoms with E-state index in [4.69, 9.17) is 4.42 Å². The Balaban J connectivity index is 2.55. The van der Waals surface area contributed by atoms with Gasteiger partial charge in [-0.05, 0) is 31.0 Å². The van der Waals surface area contributed by atoms with Crippen molar-refractivity contribution in [3.05, 3.63) is 35.6 Å². The first-order chi connectivity index (χ1) is 9.47. The van der Waals surface area contributed by atoms with Gasteiger partial charge in [0.05, 0.1) is 6.26 Å². The third kappa shape index (κ3) is 2.53. The van der Waals surface area contributed by atoms with Crippen molar-refractivity contribution in [2.45, 2.75) is 45.0 Å². The van der Waals surface area contributed by atoms with Crippen molar-refractivity contribution in [3.63, 3.8) is 0 Å². The van der Waals surface area contributed by atoms with E-state index in [0.717, 1.165) is 6.92 Å². The van der Waals surface area contributed by atoms with E-state index in [1.807, 2.05) is 0 Å². The van der Waals surface area contributed by atoms with Gasteiger partial charge in [-0.1, -0.05) is 13.3 Å². The Morgan fingerprint density at radius 3 is 2.50 bits per heavy atom. The van der Waals surface area contributed by atoms with Gasteiger partial charge in [-0.25, -0.2) is 13.2 Å². The van der Waals surface area contributed by atoms with Crippen LogP contribution in [0.1, 0.15) is 38.2 Å². The lowest BCUT2D eigenvalue weighted by atomic mass is 9.87. The van der Waals surface area contributed by atoms with Gasteiger partial charge in [-0.2, -0.15) is 4.39 Å². The SMILES string of the molecule is CCCC(c1cc2ccoc2c(F)c1F)C(F)C(C)F. The molecule has 3 unspecified atom stereocenters. The van der Waals surface area contributed by atoms with Gasteiger partial charge in [0, 0.05) is 11.3 Å². The van der Waals surface area contributed by atoms with Gasteiger partial charge in [0.25, 0.3) is 0 Å². The van der Waals surface area contributed by atoms with Crippen LogP contribution >= 0.6 is 0 Å². The molecule has 2 rings (SSSR count). The average molecular weight is 288 g/mol. The first-order valence-electron chi connectivity index (χ1n) is 6.60. The first kappa shape index (κ1) is 14.9. The van der Waals surface area contributed by atoms with E-state index < -0.39 is 29.9 Å². The van der Waals surface area contributed by atoms with Crippen molar-refractivity contribution in [1.29, 1.82) is 0 Å². The van der Waals surface area contributed by atoms with Crippen LogP contribution in [0.4, 0.5) is 17.6 Å². The van der Waals surface area contributed by atoms with Gasteiger partial charge in [0.2, 0.25) is 5.82 Å². The van der Waals surface area contributed by atoms with Crippen LogP contribution in [0.15, 0.2) is 22.8 Å². The Morgan fingerprint density at radius 1 is 1.20 bits per heavy atom. The maximum absolute atomic E-state index is 14.1. The lowest BCUT2D eigenvalue weighted by molar-refractivity contribution is 0.147. The van der Waals surface area contributed by atoms with Gasteiger partial charge in [0.1, 0.15) is 12.3 Å². The van der Waals surface area contributed by atoms with Gasteiger partial charge >= 0.3 is 0 Å². The molecular weight excluding hydrogens is 272 g/mol. The number of fused-ring (bicyclic) bond motifs is 1. The van der Waals surface area contributed by atoms with E-state index in [-0.39, 0.29) is 17.6 Å². The molecular formula is C15H16F4O. The fourth-order valence-corrected chi connectivity index (χ4v) is 2.46. The molecule has 2 aromatic rings. The molecule has 110 valence electrons. The summed E-state index contributed by atoms with van der Waals surface area (Å²) < 4.78 is 60.0. The molecule has 5 heteroatoms. The van der Waals surface area contributed by atoms with E-state index in [2.05, 4.69) is 0 Å². The second-order valence-electron chi connectivity index (χ2n) is 4.95. The second kappa shape index (κ2) is 5.85. The fraction of sp³-hybridized carbons (Fsp3) is 0.467. The minimum absolute atomic E-state index is 0.129. The molecule has 1 aromatic carbocycles. The Hall–Kier alpha value is -1.52. The molecule has 0 saturated heterocycles. The van der Waals surface area contributed by atoms with E-state index >= 15 is 0 Å². The molecule has 0 fully saturated rings. The Labute approximate surface area is 114 Å². The minimum Gasteiger partial charge on any atom is -0.461 e. The first-order valence-corrected chi connectivity index (χ1v) is 6.60. The van der Waals surface area contributed by atoms with Crippen molar-refractivity contribution < 1.29 is 22.0 Å². The summed E-state index contributed by atoms with van der Waals surface area (Å²) in [5, 5.41) is 0.346. The fourth-order valence-electron chi connectivity index (χ4n) is 2.46. The topological polar surface area (TPSA) is 13.1 Å². The molecule has 20 heavy (non-hydrogen) atoms. The molecule has 0 aliphatic carbocycles. The Bertz CT molecular complexity index is 591. The number of rotatable bonds is 5. The summed E-state index contributed by atoms with van der Waals surface area (Å²) in [4.78, 5) is 0. The number of benzene rings is 1. The van der Waals surface area contributed by atoms with Crippen LogP contribution in [0, 0.1) is 11.6 Å². The lowest BCUT2D eigenvalue weighted by Crippen LogP contribution is -2.24. The molecule has 1 heterocycles. The van der Waals surface area contributed by atoms with E-state index in [9.17, 15) is 17.6 Å². The minimum atomic E-state index is -1.87. The average Bonchev–Trinajstić information content (AvgIpc) is 2.88. The van der Waals surface area contributed by atoms with Crippen molar-refractivity contribution >= 4 is 11.0 Å². The summed E-state index contributed by atoms with van der Waals surface area (Å²) in [6.45, 7) is 2.87. The molecule has 0 spiro atoms. The third-order valence-corrected chi connectivity index (χ3v) is 3.47. The van der Waals surface area contributed by atoms with Crippen LogP contribution in [0.2, 0.25) is 0 Å². The highest BCUT2D eigenvalue weighted by Gasteiger charge is 2.31. The largest absolute Gasteiger partial charge is 0.461 e. The van der Waals surface area contributed by atoms with Gasteiger partial charge in [-0.15, -0.1) is 0 Å². The molecule has 1 nitrogen and oxygen atoms in total. The van der Waals surface area contributed by atoms with Crippen molar-refractivity contribution in [3.8, 4) is 0 Å². The van der Waals surface area contributed by atoms with E-state index in [1.165, 1.54) is 18.4 Å². The normalized spacial score (nSPS) is 16.3. The summed E-state index contributed by atoms with van der Waals surface area (Å²) in [6.07, 6.45) is -1.59. The highest BCUT2D eigenvalue weighted by Crippen LogP contribution is 2.35. The smallest absolute Gasteiger partial charge is 0.202 e. The predicted octanol–water partition coefficient (Wildman–Crippen LogP) is 5.29. The van der Waals surface area contributed by atoms with Crippen molar-refractivity contribution in [2.24, 2.45) is 0 Å². The van der Waals surface area contributed by atoms with Crippen LogP contribution in [0.5, 0.6) is 0 Å². The summed E-state index contributed by atoms with van der Waals surface area (Å²) in [6, 6.07) is 2.81. The van der Waals surface area contributed by atoms with Crippen LogP contribution < -0.4 is 0 Å². The number of halogens is 4. The number of alkyl halides is 2. The number of hydrogen-bond donors (Lipinski definition) is 0. The molecule has 0 aliphatic heterocycles. The van der Waals surface area contributed by atoms with Crippen molar-refractivity contribution in [2.75, 3.05) is 0 Å². The van der Waals surface area contributed by atoms with Gasteiger partial charge in [-0.3, -0.25) is 0 Å². The summed E-state index contributed by atoms with van der Waals surface area (Å²) >= 11 is 0. The zero-order chi connectivity index (χ0) is 14.9. The number of furan rings is 1. The van der Waals surface area contributed by atoms with Crippen LogP contribution in [0.25, 0.3) is 11.0 Å². The van der Waals surface area contributed by atoms with Crippen molar-refractivity contribution in [1.82, 2.24) is 0 Å².